The van der Waals surface area contributed by atoms with Crippen LogP contribution in [0.3, 0.4) is 0 Å². The fourth-order valence-corrected chi connectivity index (χ4v) is 2.77. The lowest BCUT2D eigenvalue weighted by molar-refractivity contribution is -0.112. The summed E-state index contributed by atoms with van der Waals surface area (Å²) >= 11 is 0. The summed E-state index contributed by atoms with van der Waals surface area (Å²) in [5.74, 6) is -0.220. The molecule has 5 heteroatoms. The molecule has 0 spiro atoms. The van der Waals surface area contributed by atoms with Crippen LogP contribution in [0, 0.1) is 17.1 Å². The number of hydrogen-bond donors (Lipinski definition) is 1. The Morgan fingerprint density at radius 1 is 1.07 bits per heavy atom. The average molecular weight is 400 g/mol. The molecule has 0 saturated heterocycles. The second-order valence-corrected chi connectivity index (χ2v) is 6.62. The molecule has 4 nitrogen and oxygen atoms in total. The van der Waals surface area contributed by atoms with Gasteiger partial charge in [-0.25, -0.2) is 4.39 Å². The summed E-state index contributed by atoms with van der Waals surface area (Å²) in [5.41, 5.74) is 2.95. The number of anilines is 1. The monoisotopic (exact) mass is 400 g/mol. The molecule has 0 unspecified atom stereocenters. The first-order valence-electron chi connectivity index (χ1n) is 9.57. The van der Waals surface area contributed by atoms with Gasteiger partial charge in [0.2, 0.25) is 0 Å². The van der Waals surface area contributed by atoms with Gasteiger partial charge in [-0.2, -0.15) is 5.26 Å². The van der Waals surface area contributed by atoms with Crippen LogP contribution in [-0.4, -0.2) is 5.91 Å². The van der Waals surface area contributed by atoms with Crippen LogP contribution < -0.4 is 10.1 Å². The van der Waals surface area contributed by atoms with Crippen LogP contribution in [0.25, 0.3) is 6.08 Å². The van der Waals surface area contributed by atoms with Gasteiger partial charge in [0.1, 0.15) is 29.8 Å². The normalized spacial score (nSPS) is 10.9. The van der Waals surface area contributed by atoms with Crippen molar-refractivity contribution >= 4 is 17.7 Å². The molecular weight excluding hydrogens is 379 g/mol. The van der Waals surface area contributed by atoms with Crippen molar-refractivity contribution in [1.29, 1.82) is 5.26 Å². The van der Waals surface area contributed by atoms with Crippen LogP contribution in [0.1, 0.15) is 23.6 Å². The predicted molar refractivity (Wildman–Crippen MR) is 115 cm³/mol. The van der Waals surface area contributed by atoms with Crippen molar-refractivity contribution in [2.45, 2.75) is 20.0 Å². The Morgan fingerprint density at radius 3 is 2.40 bits per heavy atom. The van der Waals surface area contributed by atoms with Gasteiger partial charge in [0.25, 0.3) is 5.91 Å². The lowest BCUT2D eigenvalue weighted by Gasteiger charge is -2.08. The second-order valence-electron chi connectivity index (χ2n) is 6.62. The topological polar surface area (TPSA) is 62.1 Å². The maximum Gasteiger partial charge on any atom is 0.266 e. The van der Waals surface area contributed by atoms with Gasteiger partial charge >= 0.3 is 0 Å². The standard InChI is InChI=1S/C25H21FN2O2/c1-2-18-7-11-22(12-8-18)28-25(29)21(16-27)15-19-9-13-23(14-10-19)30-17-20-5-3-4-6-24(20)26/h3-15H,2,17H2,1H3,(H,28,29)/b21-15+. The molecule has 30 heavy (non-hydrogen) atoms. The number of rotatable bonds is 7. The molecule has 0 radical (unpaired) electrons. The third-order valence-corrected chi connectivity index (χ3v) is 4.53. The van der Waals surface area contributed by atoms with Crippen LogP contribution in [0.4, 0.5) is 10.1 Å². The fraction of sp³-hybridized carbons (Fsp3) is 0.120. The fourth-order valence-electron chi connectivity index (χ4n) is 2.77. The quantitative estimate of drug-likeness (QED) is 0.420. The Hall–Kier alpha value is -3.91. The minimum atomic E-state index is -0.471. The van der Waals surface area contributed by atoms with E-state index in [2.05, 4.69) is 12.2 Å². The highest BCUT2D eigenvalue weighted by molar-refractivity contribution is 6.09. The smallest absolute Gasteiger partial charge is 0.266 e. The Morgan fingerprint density at radius 2 is 1.77 bits per heavy atom. The van der Waals surface area contributed by atoms with Gasteiger partial charge in [0.15, 0.2) is 0 Å². The summed E-state index contributed by atoms with van der Waals surface area (Å²) in [6, 6.07) is 22.8. The van der Waals surface area contributed by atoms with E-state index < -0.39 is 5.91 Å². The number of halogens is 1. The zero-order valence-corrected chi connectivity index (χ0v) is 16.6. The third kappa shape index (κ3) is 5.55. The van der Waals surface area contributed by atoms with Crippen molar-refractivity contribution in [3.63, 3.8) is 0 Å². The molecule has 0 aromatic heterocycles. The van der Waals surface area contributed by atoms with Crippen molar-refractivity contribution in [1.82, 2.24) is 0 Å². The number of aryl methyl sites for hydroxylation is 1. The molecule has 3 rings (SSSR count). The highest BCUT2D eigenvalue weighted by atomic mass is 19.1. The number of nitriles is 1. The summed E-state index contributed by atoms with van der Waals surface area (Å²) in [4.78, 5) is 12.4. The summed E-state index contributed by atoms with van der Waals surface area (Å²) in [6.45, 7) is 2.17. The van der Waals surface area contributed by atoms with Gasteiger partial charge in [-0.3, -0.25) is 4.79 Å². The number of benzene rings is 3. The minimum absolute atomic E-state index is 0.00501. The average Bonchev–Trinajstić information content (AvgIpc) is 2.78. The maximum absolute atomic E-state index is 13.7. The molecule has 3 aromatic rings. The van der Waals surface area contributed by atoms with Gasteiger partial charge in [-0.1, -0.05) is 49.4 Å². The number of nitrogens with zero attached hydrogens (tertiary/aromatic N) is 1. The van der Waals surface area contributed by atoms with Crippen LogP contribution in [0.5, 0.6) is 5.75 Å². The summed E-state index contributed by atoms with van der Waals surface area (Å²) in [7, 11) is 0. The number of hydrogen-bond acceptors (Lipinski definition) is 3. The molecule has 0 heterocycles. The summed E-state index contributed by atoms with van der Waals surface area (Å²) in [6.07, 6.45) is 2.42. The van der Waals surface area contributed by atoms with E-state index in [4.69, 9.17) is 4.74 Å². The second kappa shape index (κ2) is 10.0. The van der Waals surface area contributed by atoms with E-state index >= 15 is 0 Å². The van der Waals surface area contributed by atoms with Crippen molar-refractivity contribution < 1.29 is 13.9 Å². The van der Waals surface area contributed by atoms with Crippen molar-refractivity contribution in [3.8, 4) is 11.8 Å². The van der Waals surface area contributed by atoms with Crippen molar-refractivity contribution in [2.75, 3.05) is 5.32 Å². The van der Waals surface area contributed by atoms with Crippen LogP contribution in [0.2, 0.25) is 0 Å². The largest absolute Gasteiger partial charge is 0.489 e. The SMILES string of the molecule is CCc1ccc(NC(=O)/C(C#N)=C/c2ccc(OCc3ccccc3F)cc2)cc1. The first-order chi connectivity index (χ1) is 14.6. The molecule has 0 aliphatic carbocycles. The molecule has 0 aliphatic heterocycles. The van der Waals surface area contributed by atoms with E-state index in [0.29, 0.717) is 22.6 Å². The van der Waals surface area contributed by atoms with Crippen LogP contribution in [0.15, 0.2) is 78.4 Å². The van der Waals surface area contributed by atoms with Crippen LogP contribution in [-0.2, 0) is 17.8 Å². The Bertz CT molecular complexity index is 1080. The lowest BCUT2D eigenvalue weighted by atomic mass is 10.1. The van der Waals surface area contributed by atoms with Gasteiger partial charge < -0.3 is 10.1 Å². The van der Waals surface area contributed by atoms with E-state index in [-0.39, 0.29) is 18.0 Å². The molecule has 0 atom stereocenters. The number of nitrogens with one attached hydrogen (secondary N) is 1. The van der Waals surface area contributed by atoms with E-state index in [1.807, 2.05) is 30.3 Å². The first kappa shape index (κ1) is 20.8. The Kier molecular flexibility index (Phi) is 6.96. The van der Waals surface area contributed by atoms with Crippen molar-refractivity contribution in [2.24, 2.45) is 0 Å². The third-order valence-electron chi connectivity index (χ3n) is 4.53. The van der Waals surface area contributed by atoms with Crippen molar-refractivity contribution in [3.05, 3.63) is 101 Å². The molecule has 1 N–H and O–H groups in total. The molecular formula is C25H21FN2O2. The molecule has 3 aromatic carbocycles. The van der Waals surface area contributed by atoms with E-state index in [9.17, 15) is 14.4 Å². The van der Waals surface area contributed by atoms with E-state index in [1.54, 1.807) is 42.5 Å². The molecule has 0 fully saturated rings. The first-order valence-corrected chi connectivity index (χ1v) is 9.57. The highest BCUT2D eigenvalue weighted by Gasteiger charge is 2.10. The zero-order chi connectivity index (χ0) is 21.3. The minimum Gasteiger partial charge on any atom is -0.489 e. The predicted octanol–water partition coefficient (Wildman–Crippen LogP) is 5.51. The highest BCUT2D eigenvalue weighted by Crippen LogP contribution is 2.18. The number of carbonyl (C=O) groups is 1. The van der Waals surface area contributed by atoms with E-state index in [0.717, 1.165) is 6.42 Å². The van der Waals surface area contributed by atoms with Crippen LogP contribution >= 0.6 is 0 Å². The van der Waals surface area contributed by atoms with Gasteiger partial charge in [0, 0.05) is 11.3 Å². The molecule has 0 aliphatic rings. The maximum atomic E-state index is 13.7. The number of amides is 1. The number of ether oxygens (including phenoxy) is 1. The molecule has 0 saturated carbocycles. The lowest BCUT2D eigenvalue weighted by Crippen LogP contribution is -2.13. The molecule has 1 amide bonds. The zero-order valence-electron chi connectivity index (χ0n) is 16.6. The molecule has 150 valence electrons. The Balaban J connectivity index is 1.64. The Labute approximate surface area is 175 Å². The summed E-state index contributed by atoms with van der Waals surface area (Å²) < 4.78 is 19.3. The number of carbonyl (C=O) groups excluding carboxylic acids is 1. The van der Waals surface area contributed by atoms with Gasteiger partial charge in [0.05, 0.1) is 0 Å². The summed E-state index contributed by atoms with van der Waals surface area (Å²) in [5, 5.41) is 12.1. The van der Waals surface area contributed by atoms with Gasteiger partial charge in [-0.15, -0.1) is 0 Å². The molecule has 0 bridgehead atoms. The van der Waals surface area contributed by atoms with Gasteiger partial charge in [-0.05, 0) is 54.0 Å². The van der Waals surface area contributed by atoms with E-state index in [1.165, 1.54) is 17.7 Å².